The molecule has 0 saturated carbocycles. The van der Waals surface area contributed by atoms with Crippen molar-refractivity contribution in [3.63, 3.8) is 0 Å². The first-order valence-electron chi connectivity index (χ1n) is 6.71. The molecule has 0 aliphatic heterocycles. The second kappa shape index (κ2) is 6.65. The van der Waals surface area contributed by atoms with Crippen LogP contribution in [0, 0.1) is 0 Å². The molecule has 2 heterocycles. The van der Waals surface area contributed by atoms with Crippen molar-refractivity contribution in [2.45, 2.75) is 13.1 Å². The van der Waals surface area contributed by atoms with E-state index in [1.165, 1.54) is 5.56 Å². The summed E-state index contributed by atoms with van der Waals surface area (Å²) in [5, 5.41) is 10.6. The van der Waals surface area contributed by atoms with Gasteiger partial charge in [-0.25, -0.2) is 0 Å². The molecule has 0 spiro atoms. The summed E-state index contributed by atoms with van der Waals surface area (Å²) in [4.78, 5) is 4.15. The van der Waals surface area contributed by atoms with E-state index in [1.54, 1.807) is 6.20 Å². The molecule has 1 aromatic carbocycles. The van der Waals surface area contributed by atoms with Crippen LogP contribution in [0.25, 0.3) is 11.3 Å². The molecule has 0 saturated heterocycles. The smallest absolute Gasteiger partial charge is 0.0710 e. The van der Waals surface area contributed by atoms with Gasteiger partial charge in [-0.3, -0.25) is 10.1 Å². The predicted molar refractivity (Wildman–Crippen MR) is 86.5 cm³/mol. The number of hydrogen-bond acceptors (Lipinski definition) is 3. The number of hydrogen-bond donors (Lipinski definition) is 2. The maximum atomic E-state index is 4.15. The van der Waals surface area contributed by atoms with E-state index < -0.39 is 0 Å². The molecule has 2 N–H and O–H groups in total. The Morgan fingerprint density at radius 2 is 1.90 bits per heavy atom. The topological polar surface area (TPSA) is 53.6 Å². The minimum absolute atomic E-state index is 0.761. The van der Waals surface area contributed by atoms with E-state index >= 15 is 0 Å². The first-order valence-corrected chi connectivity index (χ1v) is 7.50. The van der Waals surface area contributed by atoms with Crippen molar-refractivity contribution < 1.29 is 0 Å². The molecule has 0 radical (unpaired) electrons. The van der Waals surface area contributed by atoms with Crippen molar-refractivity contribution >= 4 is 15.9 Å². The van der Waals surface area contributed by atoms with Crippen LogP contribution in [0.3, 0.4) is 0 Å². The molecule has 3 aromatic rings. The monoisotopic (exact) mass is 342 g/mol. The van der Waals surface area contributed by atoms with Crippen molar-refractivity contribution in [3.05, 3.63) is 70.6 Å². The van der Waals surface area contributed by atoms with Gasteiger partial charge in [0.15, 0.2) is 0 Å². The summed E-state index contributed by atoms with van der Waals surface area (Å²) in [7, 11) is 0. The van der Waals surface area contributed by atoms with Gasteiger partial charge >= 0.3 is 0 Å². The summed E-state index contributed by atoms with van der Waals surface area (Å²) in [5.41, 5.74) is 4.46. The quantitative estimate of drug-likeness (QED) is 0.745. The molecular weight excluding hydrogens is 328 g/mol. The lowest BCUT2D eigenvalue weighted by molar-refractivity contribution is 0.694. The lowest BCUT2D eigenvalue weighted by Gasteiger charge is -2.06. The summed E-state index contributed by atoms with van der Waals surface area (Å²) in [6.07, 6.45) is 5.47. The maximum absolute atomic E-state index is 4.15. The number of pyridine rings is 1. The van der Waals surface area contributed by atoms with Crippen LogP contribution in [0.4, 0.5) is 0 Å². The van der Waals surface area contributed by atoms with Crippen molar-refractivity contribution in [1.82, 2.24) is 20.5 Å². The maximum Gasteiger partial charge on any atom is 0.0710 e. The van der Waals surface area contributed by atoms with E-state index in [1.807, 2.05) is 24.5 Å². The van der Waals surface area contributed by atoms with E-state index in [0.717, 1.165) is 34.4 Å². The fraction of sp³-hybridized carbons (Fsp3) is 0.125. The molecule has 21 heavy (non-hydrogen) atoms. The average molecular weight is 343 g/mol. The van der Waals surface area contributed by atoms with Gasteiger partial charge in [-0.2, -0.15) is 5.10 Å². The second-order valence-electron chi connectivity index (χ2n) is 4.74. The zero-order valence-electron chi connectivity index (χ0n) is 11.4. The van der Waals surface area contributed by atoms with Gasteiger partial charge in [0.1, 0.15) is 0 Å². The molecule has 0 aliphatic carbocycles. The van der Waals surface area contributed by atoms with Gasteiger partial charge in [-0.15, -0.1) is 0 Å². The number of benzene rings is 1. The van der Waals surface area contributed by atoms with Crippen LogP contribution in [-0.2, 0) is 13.1 Å². The largest absolute Gasteiger partial charge is 0.308 e. The highest BCUT2D eigenvalue weighted by Gasteiger charge is 2.07. The summed E-state index contributed by atoms with van der Waals surface area (Å²) in [6.45, 7) is 1.59. The standard InChI is InChI=1S/C16H15BrN4/c17-15-5-3-12(4-6-15)8-19-10-14-11-20-21-16(14)13-2-1-7-18-9-13/h1-7,9,11,19H,8,10H2,(H,20,21). The molecule has 3 rings (SSSR count). The predicted octanol–water partition coefficient (Wildman–Crippen LogP) is 3.52. The van der Waals surface area contributed by atoms with Gasteiger partial charge < -0.3 is 5.32 Å². The Morgan fingerprint density at radius 3 is 2.67 bits per heavy atom. The van der Waals surface area contributed by atoms with Crippen LogP contribution in [0.2, 0.25) is 0 Å². The number of nitrogens with one attached hydrogen (secondary N) is 2. The molecular formula is C16H15BrN4. The zero-order valence-corrected chi connectivity index (χ0v) is 13.0. The first-order chi connectivity index (χ1) is 10.3. The van der Waals surface area contributed by atoms with Crippen LogP contribution >= 0.6 is 15.9 Å². The van der Waals surface area contributed by atoms with E-state index in [0.29, 0.717) is 0 Å². The molecule has 0 fully saturated rings. The highest BCUT2D eigenvalue weighted by Crippen LogP contribution is 2.19. The lowest BCUT2D eigenvalue weighted by Crippen LogP contribution is -2.12. The highest BCUT2D eigenvalue weighted by atomic mass is 79.9. The molecule has 0 unspecified atom stereocenters. The molecule has 0 aliphatic rings. The van der Waals surface area contributed by atoms with Crippen LogP contribution in [-0.4, -0.2) is 15.2 Å². The van der Waals surface area contributed by atoms with E-state index in [4.69, 9.17) is 0 Å². The van der Waals surface area contributed by atoms with Gasteiger partial charge in [-0.1, -0.05) is 28.1 Å². The van der Waals surface area contributed by atoms with Gasteiger partial charge in [0, 0.05) is 41.1 Å². The van der Waals surface area contributed by atoms with Crippen LogP contribution in [0.15, 0.2) is 59.5 Å². The minimum Gasteiger partial charge on any atom is -0.308 e. The molecule has 0 bridgehead atoms. The number of aromatic nitrogens is 3. The van der Waals surface area contributed by atoms with Gasteiger partial charge in [0.2, 0.25) is 0 Å². The number of aromatic amines is 1. The Hall–Kier alpha value is -1.98. The fourth-order valence-corrected chi connectivity index (χ4v) is 2.41. The van der Waals surface area contributed by atoms with Crippen LogP contribution in [0.1, 0.15) is 11.1 Å². The molecule has 106 valence electrons. The number of halogens is 1. The molecule has 0 atom stereocenters. The number of nitrogens with zero attached hydrogens (tertiary/aromatic N) is 2. The summed E-state index contributed by atoms with van der Waals surface area (Å²) in [6, 6.07) is 12.3. The average Bonchev–Trinajstić information content (AvgIpc) is 2.99. The third-order valence-electron chi connectivity index (χ3n) is 3.23. The van der Waals surface area contributed by atoms with Crippen LogP contribution in [0.5, 0.6) is 0 Å². The summed E-state index contributed by atoms with van der Waals surface area (Å²) in [5.74, 6) is 0. The Morgan fingerprint density at radius 1 is 1.05 bits per heavy atom. The van der Waals surface area contributed by atoms with E-state index in [2.05, 4.69) is 60.7 Å². The van der Waals surface area contributed by atoms with Gasteiger partial charge in [0.05, 0.1) is 11.9 Å². The Balaban J connectivity index is 1.64. The van der Waals surface area contributed by atoms with Crippen molar-refractivity contribution in [1.29, 1.82) is 0 Å². The van der Waals surface area contributed by atoms with Gasteiger partial charge in [0.25, 0.3) is 0 Å². The third kappa shape index (κ3) is 3.56. The molecule has 4 nitrogen and oxygen atoms in total. The first kappa shape index (κ1) is 14.0. The number of H-pyrrole nitrogens is 1. The van der Waals surface area contributed by atoms with Crippen molar-refractivity contribution in [2.75, 3.05) is 0 Å². The summed E-state index contributed by atoms with van der Waals surface area (Å²) < 4.78 is 1.10. The highest BCUT2D eigenvalue weighted by molar-refractivity contribution is 9.10. The second-order valence-corrected chi connectivity index (χ2v) is 5.66. The zero-order chi connectivity index (χ0) is 14.5. The van der Waals surface area contributed by atoms with Crippen LogP contribution < -0.4 is 5.32 Å². The number of rotatable bonds is 5. The molecule has 5 heteroatoms. The molecule has 2 aromatic heterocycles. The van der Waals surface area contributed by atoms with Gasteiger partial charge in [-0.05, 0) is 29.8 Å². The van der Waals surface area contributed by atoms with Crippen molar-refractivity contribution in [3.8, 4) is 11.3 Å². The normalized spacial score (nSPS) is 10.7. The Bertz CT molecular complexity index is 692. The van der Waals surface area contributed by atoms with E-state index in [-0.39, 0.29) is 0 Å². The molecule has 0 amide bonds. The SMILES string of the molecule is Brc1ccc(CNCc2cn[nH]c2-c2cccnc2)cc1. The lowest BCUT2D eigenvalue weighted by atomic mass is 10.1. The minimum atomic E-state index is 0.761. The third-order valence-corrected chi connectivity index (χ3v) is 3.75. The Kier molecular flexibility index (Phi) is 4.43. The van der Waals surface area contributed by atoms with Crippen molar-refractivity contribution in [2.24, 2.45) is 0 Å². The van der Waals surface area contributed by atoms with E-state index in [9.17, 15) is 0 Å². The summed E-state index contributed by atoms with van der Waals surface area (Å²) >= 11 is 3.44. The fourth-order valence-electron chi connectivity index (χ4n) is 2.15. The Labute approximate surface area is 131 Å².